The molecule has 0 saturated heterocycles. The highest BCUT2D eigenvalue weighted by Crippen LogP contribution is 2.33. The van der Waals surface area contributed by atoms with Crippen LogP contribution in [0.4, 0.5) is 0 Å². The van der Waals surface area contributed by atoms with Crippen molar-refractivity contribution < 1.29 is 14.7 Å². The highest BCUT2D eigenvalue weighted by atomic mass is 16.4. The molecule has 0 unspecified atom stereocenters. The molecule has 0 radical (unpaired) electrons. The molecule has 0 heterocycles. The zero-order valence-electron chi connectivity index (χ0n) is 8.62. The van der Waals surface area contributed by atoms with E-state index in [1.165, 1.54) is 0 Å². The van der Waals surface area contributed by atoms with Gasteiger partial charge in [-0.25, -0.2) is 0 Å². The molecule has 0 aromatic rings. The Morgan fingerprint density at radius 1 is 1.21 bits per heavy atom. The van der Waals surface area contributed by atoms with Crippen molar-refractivity contribution in [3.63, 3.8) is 0 Å². The Balaban J connectivity index is 2.72. The summed E-state index contributed by atoms with van der Waals surface area (Å²) in [7, 11) is 0. The Morgan fingerprint density at radius 3 is 2.29 bits per heavy atom. The summed E-state index contributed by atoms with van der Waals surface area (Å²) in [5.74, 6) is -1.60. The minimum Gasteiger partial charge on any atom is -0.481 e. The molecule has 78 valence electrons. The number of aliphatic carboxylic acids is 1. The lowest BCUT2D eigenvalue weighted by molar-refractivity contribution is -0.144. The maximum Gasteiger partial charge on any atom is 0.307 e. The van der Waals surface area contributed by atoms with Gasteiger partial charge in [-0.3, -0.25) is 9.59 Å². The molecule has 1 saturated carbocycles. The molecule has 0 spiro atoms. The van der Waals surface area contributed by atoms with Crippen LogP contribution in [0.15, 0.2) is 11.6 Å². The van der Waals surface area contributed by atoms with Gasteiger partial charge in [-0.1, -0.05) is 12.0 Å². The highest BCUT2D eigenvalue weighted by Gasteiger charge is 2.36. The molecular formula is C11H16O3. The monoisotopic (exact) mass is 196 g/mol. The second-order valence-corrected chi connectivity index (χ2v) is 4.11. The van der Waals surface area contributed by atoms with Crippen molar-refractivity contribution in [2.24, 2.45) is 11.8 Å². The van der Waals surface area contributed by atoms with Gasteiger partial charge in [0.2, 0.25) is 0 Å². The number of carboxylic acid groups (broad SMARTS) is 1. The fraction of sp³-hybridized carbons (Fsp3) is 0.636. The number of carboxylic acids is 1. The largest absolute Gasteiger partial charge is 0.481 e. The predicted molar refractivity (Wildman–Crippen MR) is 52.9 cm³/mol. The summed E-state index contributed by atoms with van der Waals surface area (Å²) in [6, 6.07) is 0. The van der Waals surface area contributed by atoms with Crippen LogP contribution < -0.4 is 0 Å². The smallest absolute Gasteiger partial charge is 0.307 e. The Morgan fingerprint density at radius 2 is 1.79 bits per heavy atom. The molecule has 0 aromatic heterocycles. The average molecular weight is 196 g/mol. The van der Waals surface area contributed by atoms with Crippen molar-refractivity contribution >= 4 is 11.8 Å². The van der Waals surface area contributed by atoms with Gasteiger partial charge in [-0.05, 0) is 32.8 Å². The molecular weight excluding hydrogens is 180 g/mol. The second kappa shape index (κ2) is 4.40. The van der Waals surface area contributed by atoms with Crippen LogP contribution in [0.3, 0.4) is 0 Å². The van der Waals surface area contributed by atoms with E-state index in [2.05, 4.69) is 0 Å². The van der Waals surface area contributed by atoms with Crippen LogP contribution in [0.5, 0.6) is 0 Å². The van der Waals surface area contributed by atoms with Crippen molar-refractivity contribution in [1.82, 2.24) is 0 Å². The minimum atomic E-state index is -0.831. The SMILES string of the molecule is CC(C)=CC(=O)[C@H]1CCC[C@@H]1C(=O)O. The van der Waals surface area contributed by atoms with Crippen molar-refractivity contribution in [2.75, 3.05) is 0 Å². The molecule has 0 aliphatic heterocycles. The van der Waals surface area contributed by atoms with Crippen LogP contribution in [-0.4, -0.2) is 16.9 Å². The fourth-order valence-electron chi connectivity index (χ4n) is 1.99. The van der Waals surface area contributed by atoms with Gasteiger partial charge in [0.1, 0.15) is 0 Å². The van der Waals surface area contributed by atoms with Gasteiger partial charge >= 0.3 is 5.97 Å². The van der Waals surface area contributed by atoms with Gasteiger partial charge in [0.15, 0.2) is 5.78 Å². The lowest BCUT2D eigenvalue weighted by Gasteiger charge is -2.12. The standard InChI is InChI=1S/C11H16O3/c1-7(2)6-10(12)8-4-3-5-9(8)11(13)14/h6,8-9H,3-5H2,1-2H3,(H,13,14)/t8-,9-/m0/s1. The number of carbonyl (C=O) groups excluding carboxylic acids is 1. The van der Waals surface area contributed by atoms with E-state index in [1.807, 2.05) is 13.8 Å². The maximum absolute atomic E-state index is 11.6. The molecule has 2 atom stereocenters. The minimum absolute atomic E-state index is 0.0186. The summed E-state index contributed by atoms with van der Waals surface area (Å²) in [4.78, 5) is 22.5. The van der Waals surface area contributed by atoms with Gasteiger partial charge in [-0.2, -0.15) is 0 Å². The summed E-state index contributed by atoms with van der Waals surface area (Å²) < 4.78 is 0. The zero-order valence-corrected chi connectivity index (χ0v) is 8.62. The quantitative estimate of drug-likeness (QED) is 0.702. The lowest BCUT2D eigenvalue weighted by Crippen LogP contribution is -2.24. The molecule has 0 aromatic carbocycles. The molecule has 0 bridgehead atoms. The Bertz CT molecular complexity index is 274. The molecule has 0 amide bonds. The second-order valence-electron chi connectivity index (χ2n) is 4.11. The van der Waals surface area contributed by atoms with Crippen molar-refractivity contribution in [3.05, 3.63) is 11.6 Å². The molecule has 1 fully saturated rings. The first kappa shape index (κ1) is 11.0. The maximum atomic E-state index is 11.6. The highest BCUT2D eigenvalue weighted by molar-refractivity contribution is 5.95. The van der Waals surface area contributed by atoms with E-state index in [0.29, 0.717) is 6.42 Å². The number of carbonyl (C=O) groups is 2. The summed E-state index contributed by atoms with van der Waals surface area (Å²) in [6.45, 7) is 3.70. The number of hydrogen-bond acceptors (Lipinski definition) is 2. The van der Waals surface area contributed by atoms with Gasteiger partial charge < -0.3 is 5.11 Å². The third-order valence-corrected chi connectivity index (χ3v) is 2.63. The number of ketones is 1. The molecule has 1 rings (SSSR count). The first-order chi connectivity index (χ1) is 6.52. The lowest BCUT2D eigenvalue weighted by atomic mass is 9.91. The van der Waals surface area contributed by atoms with E-state index in [4.69, 9.17) is 5.11 Å². The summed E-state index contributed by atoms with van der Waals surface area (Å²) in [5, 5.41) is 8.89. The van der Waals surface area contributed by atoms with Gasteiger partial charge in [0.25, 0.3) is 0 Å². The van der Waals surface area contributed by atoms with Crippen LogP contribution in [0.25, 0.3) is 0 Å². The zero-order chi connectivity index (χ0) is 10.7. The predicted octanol–water partition coefficient (Wildman–Crippen LogP) is 2.02. The first-order valence-electron chi connectivity index (χ1n) is 4.94. The molecule has 1 aliphatic rings. The first-order valence-corrected chi connectivity index (χ1v) is 4.94. The molecule has 3 heteroatoms. The fourth-order valence-corrected chi connectivity index (χ4v) is 1.99. The van der Waals surface area contributed by atoms with Gasteiger partial charge in [-0.15, -0.1) is 0 Å². The van der Waals surface area contributed by atoms with E-state index in [0.717, 1.165) is 18.4 Å². The molecule has 1 aliphatic carbocycles. The topological polar surface area (TPSA) is 54.4 Å². The average Bonchev–Trinajstić information content (AvgIpc) is 2.49. The van der Waals surface area contributed by atoms with E-state index in [-0.39, 0.29) is 11.7 Å². The van der Waals surface area contributed by atoms with Crippen LogP contribution in [0.2, 0.25) is 0 Å². The number of hydrogen-bond donors (Lipinski definition) is 1. The van der Waals surface area contributed by atoms with E-state index < -0.39 is 11.9 Å². The Hall–Kier alpha value is -1.12. The third kappa shape index (κ3) is 2.44. The summed E-state index contributed by atoms with van der Waals surface area (Å²) in [6.07, 6.45) is 3.78. The van der Waals surface area contributed by atoms with Crippen molar-refractivity contribution in [2.45, 2.75) is 33.1 Å². The van der Waals surface area contributed by atoms with Crippen molar-refractivity contribution in [3.8, 4) is 0 Å². The summed E-state index contributed by atoms with van der Waals surface area (Å²) >= 11 is 0. The van der Waals surface area contributed by atoms with Crippen LogP contribution in [0.1, 0.15) is 33.1 Å². The normalized spacial score (nSPS) is 25.9. The Kier molecular flexibility index (Phi) is 3.44. The number of allylic oxidation sites excluding steroid dienone is 2. The molecule has 1 N–H and O–H groups in total. The van der Waals surface area contributed by atoms with Crippen molar-refractivity contribution in [1.29, 1.82) is 0 Å². The molecule has 14 heavy (non-hydrogen) atoms. The van der Waals surface area contributed by atoms with Crippen LogP contribution >= 0.6 is 0 Å². The van der Waals surface area contributed by atoms with Crippen LogP contribution in [-0.2, 0) is 9.59 Å². The molecule has 3 nitrogen and oxygen atoms in total. The van der Waals surface area contributed by atoms with Crippen LogP contribution in [0, 0.1) is 11.8 Å². The van der Waals surface area contributed by atoms with Gasteiger partial charge in [0, 0.05) is 5.92 Å². The number of rotatable bonds is 3. The van der Waals surface area contributed by atoms with Gasteiger partial charge in [0.05, 0.1) is 5.92 Å². The Labute approximate surface area is 83.8 Å². The van der Waals surface area contributed by atoms with E-state index in [1.54, 1.807) is 6.08 Å². The van der Waals surface area contributed by atoms with E-state index >= 15 is 0 Å². The van der Waals surface area contributed by atoms with E-state index in [9.17, 15) is 9.59 Å². The summed E-state index contributed by atoms with van der Waals surface area (Å²) in [5.41, 5.74) is 0.936. The third-order valence-electron chi connectivity index (χ3n) is 2.63.